The van der Waals surface area contributed by atoms with Gasteiger partial charge in [-0.25, -0.2) is 13.2 Å². The Morgan fingerprint density at radius 1 is 1.08 bits per heavy atom. The van der Waals surface area contributed by atoms with Crippen molar-refractivity contribution in [1.82, 2.24) is 4.31 Å². The first kappa shape index (κ1) is 26.8. The number of amides is 1. The average Bonchev–Trinajstić information content (AvgIpc) is 3.43. The molecule has 0 unspecified atom stereocenters. The summed E-state index contributed by atoms with van der Waals surface area (Å²) in [6.45, 7) is 1.61. The minimum absolute atomic E-state index is 0.00473. The molecule has 0 atom stereocenters. The third-order valence-corrected chi connectivity index (χ3v) is 8.37. The molecule has 0 aliphatic carbocycles. The normalized spacial score (nSPS) is 16.4. The number of nitrogens with zero attached hydrogens (tertiary/aromatic N) is 3. The molecule has 198 valence electrons. The van der Waals surface area contributed by atoms with Crippen molar-refractivity contribution in [1.29, 1.82) is 0 Å². The number of nitro benzene ring substituents is 1. The lowest BCUT2D eigenvalue weighted by atomic mass is 10.1. The van der Waals surface area contributed by atoms with E-state index in [0.717, 1.165) is 18.9 Å². The summed E-state index contributed by atoms with van der Waals surface area (Å²) in [5.41, 5.74) is 0.300. The second kappa shape index (κ2) is 11.4. The fourth-order valence-electron chi connectivity index (χ4n) is 4.14. The van der Waals surface area contributed by atoms with Crippen LogP contribution in [0.5, 0.6) is 0 Å². The van der Waals surface area contributed by atoms with E-state index in [4.69, 9.17) is 21.1 Å². The molecule has 37 heavy (non-hydrogen) atoms. The van der Waals surface area contributed by atoms with Gasteiger partial charge >= 0.3 is 5.97 Å². The third-order valence-electron chi connectivity index (χ3n) is 5.99. The third kappa shape index (κ3) is 6.18. The number of halogens is 1. The Morgan fingerprint density at radius 2 is 1.78 bits per heavy atom. The first-order valence-corrected chi connectivity index (χ1v) is 13.4. The van der Waals surface area contributed by atoms with E-state index in [1.165, 1.54) is 34.6 Å². The summed E-state index contributed by atoms with van der Waals surface area (Å²) >= 11 is 6.12. The molecule has 2 heterocycles. The Kier molecular flexibility index (Phi) is 8.27. The maximum Gasteiger partial charge on any atom is 0.338 e. The summed E-state index contributed by atoms with van der Waals surface area (Å²) in [5.74, 6) is -1.63. The number of morpholine rings is 1. The molecule has 0 bridgehead atoms. The Hall–Kier alpha value is -3.26. The summed E-state index contributed by atoms with van der Waals surface area (Å²) in [6.07, 6.45) is 1.87. The molecule has 1 N–H and O–H groups in total. The molecule has 0 radical (unpaired) electrons. The highest BCUT2D eigenvalue weighted by Crippen LogP contribution is 2.32. The van der Waals surface area contributed by atoms with E-state index in [1.54, 1.807) is 0 Å². The van der Waals surface area contributed by atoms with Gasteiger partial charge in [0.25, 0.3) is 11.6 Å². The van der Waals surface area contributed by atoms with Crippen molar-refractivity contribution in [3.63, 3.8) is 0 Å². The van der Waals surface area contributed by atoms with Crippen molar-refractivity contribution in [2.75, 3.05) is 56.2 Å². The van der Waals surface area contributed by atoms with Crippen LogP contribution in [0.4, 0.5) is 17.1 Å². The van der Waals surface area contributed by atoms with Crippen molar-refractivity contribution in [2.24, 2.45) is 0 Å². The Labute approximate surface area is 218 Å². The minimum Gasteiger partial charge on any atom is -0.452 e. The van der Waals surface area contributed by atoms with E-state index >= 15 is 0 Å². The predicted octanol–water partition coefficient (Wildman–Crippen LogP) is 2.66. The molecule has 12 nitrogen and oxygen atoms in total. The quantitative estimate of drug-likeness (QED) is 0.296. The van der Waals surface area contributed by atoms with Crippen molar-refractivity contribution < 1.29 is 32.4 Å². The van der Waals surface area contributed by atoms with Crippen LogP contribution in [-0.4, -0.2) is 75.5 Å². The van der Waals surface area contributed by atoms with Gasteiger partial charge in [-0.2, -0.15) is 4.31 Å². The zero-order valence-electron chi connectivity index (χ0n) is 19.7. The molecule has 2 saturated heterocycles. The highest BCUT2D eigenvalue weighted by Gasteiger charge is 2.29. The molecule has 2 aromatic carbocycles. The van der Waals surface area contributed by atoms with Crippen molar-refractivity contribution in [3.8, 4) is 0 Å². The van der Waals surface area contributed by atoms with Gasteiger partial charge in [0.1, 0.15) is 10.6 Å². The van der Waals surface area contributed by atoms with Gasteiger partial charge < -0.3 is 19.7 Å². The summed E-state index contributed by atoms with van der Waals surface area (Å²) in [7, 11) is -3.91. The standard InChI is InChI=1S/C23H25ClN4O8S/c24-18-5-4-17(14-21(18)37(33,34)27-9-11-35-12-10-27)25-22(29)15-36-23(30)16-3-6-19(20(13-16)28(31)32)26-7-1-2-8-26/h3-6,13-14H,1-2,7-12,15H2,(H,25,29). The van der Waals surface area contributed by atoms with Crippen molar-refractivity contribution >= 4 is 50.6 Å². The molecule has 0 spiro atoms. The summed E-state index contributed by atoms with van der Waals surface area (Å²) in [6, 6.07) is 8.05. The first-order chi connectivity index (χ1) is 17.7. The van der Waals surface area contributed by atoms with Crippen molar-refractivity contribution in [3.05, 3.63) is 57.1 Å². The molecule has 1 amide bonds. The van der Waals surface area contributed by atoms with Gasteiger partial charge in [0.15, 0.2) is 6.61 Å². The summed E-state index contributed by atoms with van der Waals surface area (Å²) in [4.78, 5) is 37.6. The molecule has 2 aromatic rings. The van der Waals surface area contributed by atoms with Crippen LogP contribution in [0.1, 0.15) is 23.2 Å². The summed E-state index contributed by atoms with van der Waals surface area (Å²) in [5, 5.41) is 14.0. The van der Waals surface area contributed by atoms with Crippen LogP contribution in [0.15, 0.2) is 41.3 Å². The smallest absolute Gasteiger partial charge is 0.338 e. The monoisotopic (exact) mass is 552 g/mol. The topological polar surface area (TPSA) is 148 Å². The lowest BCUT2D eigenvalue weighted by Gasteiger charge is -2.26. The van der Waals surface area contributed by atoms with Crippen LogP contribution in [0, 0.1) is 10.1 Å². The van der Waals surface area contributed by atoms with Crippen LogP contribution >= 0.6 is 11.6 Å². The zero-order valence-corrected chi connectivity index (χ0v) is 21.3. The van der Waals surface area contributed by atoms with Crippen LogP contribution in [0.2, 0.25) is 5.02 Å². The van der Waals surface area contributed by atoms with Gasteiger partial charge in [-0.05, 0) is 43.2 Å². The molecule has 0 aromatic heterocycles. The van der Waals surface area contributed by atoms with E-state index in [9.17, 15) is 28.1 Å². The minimum atomic E-state index is -3.91. The fourth-order valence-corrected chi connectivity index (χ4v) is 6.05. The second-order valence-corrected chi connectivity index (χ2v) is 10.8. The average molecular weight is 553 g/mol. The van der Waals surface area contributed by atoms with Crippen LogP contribution in [-0.2, 0) is 24.3 Å². The molecule has 2 aliphatic heterocycles. The van der Waals surface area contributed by atoms with Gasteiger partial charge in [0.2, 0.25) is 10.0 Å². The number of nitrogens with one attached hydrogen (secondary N) is 1. The molecule has 14 heteroatoms. The Morgan fingerprint density at radius 3 is 2.46 bits per heavy atom. The van der Waals surface area contributed by atoms with Gasteiger partial charge in [0.05, 0.1) is 28.7 Å². The van der Waals surface area contributed by atoms with E-state index in [0.29, 0.717) is 18.8 Å². The number of hydrogen-bond acceptors (Lipinski definition) is 9. The molecule has 4 rings (SSSR count). The number of esters is 1. The van der Waals surface area contributed by atoms with Crippen molar-refractivity contribution in [2.45, 2.75) is 17.7 Å². The highest BCUT2D eigenvalue weighted by atomic mass is 35.5. The van der Waals surface area contributed by atoms with Gasteiger partial charge in [0, 0.05) is 37.9 Å². The predicted molar refractivity (Wildman–Crippen MR) is 134 cm³/mol. The van der Waals surface area contributed by atoms with Crippen LogP contribution in [0.25, 0.3) is 0 Å². The second-order valence-electron chi connectivity index (χ2n) is 8.44. The lowest BCUT2D eigenvalue weighted by Crippen LogP contribution is -2.40. The Bertz CT molecular complexity index is 1310. The number of carbonyl (C=O) groups excluding carboxylic acids is 2. The number of anilines is 2. The van der Waals surface area contributed by atoms with Gasteiger partial charge in [-0.3, -0.25) is 14.9 Å². The molecule has 2 fully saturated rings. The van der Waals surface area contributed by atoms with E-state index in [2.05, 4.69) is 5.32 Å². The van der Waals surface area contributed by atoms with E-state index in [1.807, 2.05) is 4.90 Å². The lowest BCUT2D eigenvalue weighted by molar-refractivity contribution is -0.384. The number of carbonyl (C=O) groups is 2. The zero-order chi connectivity index (χ0) is 26.6. The number of hydrogen-bond donors (Lipinski definition) is 1. The molecular weight excluding hydrogens is 528 g/mol. The fraction of sp³-hybridized carbons (Fsp3) is 0.391. The van der Waals surface area contributed by atoms with E-state index in [-0.39, 0.29) is 53.2 Å². The van der Waals surface area contributed by atoms with Crippen LogP contribution in [0.3, 0.4) is 0 Å². The maximum atomic E-state index is 13.0. The largest absolute Gasteiger partial charge is 0.452 e. The SMILES string of the molecule is O=C(COC(=O)c1ccc(N2CCCC2)c([N+](=O)[O-])c1)Nc1ccc(Cl)c(S(=O)(=O)N2CCOCC2)c1. The molecule has 0 saturated carbocycles. The number of rotatable bonds is 8. The molecule has 2 aliphatic rings. The number of sulfonamides is 1. The van der Waals surface area contributed by atoms with Crippen LogP contribution < -0.4 is 10.2 Å². The summed E-state index contributed by atoms with van der Waals surface area (Å²) < 4.78 is 37.4. The Balaban J connectivity index is 1.40. The van der Waals surface area contributed by atoms with Gasteiger partial charge in [-0.1, -0.05) is 11.6 Å². The highest BCUT2D eigenvalue weighted by molar-refractivity contribution is 7.89. The maximum absolute atomic E-state index is 13.0. The van der Waals surface area contributed by atoms with E-state index < -0.39 is 33.4 Å². The number of benzene rings is 2. The molecular formula is C23H25ClN4O8S. The number of ether oxygens (including phenoxy) is 2. The number of nitro groups is 1. The first-order valence-electron chi connectivity index (χ1n) is 11.5. The van der Waals surface area contributed by atoms with Gasteiger partial charge in [-0.15, -0.1) is 0 Å².